The van der Waals surface area contributed by atoms with Crippen LogP contribution in [0.2, 0.25) is 0 Å². The van der Waals surface area contributed by atoms with Gasteiger partial charge in [-0.1, -0.05) is 71.6 Å². The molecule has 96 valence electrons. The van der Waals surface area contributed by atoms with Crippen LogP contribution in [-0.4, -0.2) is 0 Å². The number of rotatable bonds is 1. The maximum Gasteiger partial charge on any atom is -0.0307 e. The van der Waals surface area contributed by atoms with Crippen molar-refractivity contribution >= 4 is 0 Å². The van der Waals surface area contributed by atoms with Crippen LogP contribution in [0.1, 0.15) is 34.7 Å². The van der Waals surface area contributed by atoms with E-state index in [0.717, 1.165) is 6.42 Å². The standard InChI is InChI=1S/2C9H12/c1-7-4-8(2)6-9(3)5-7;1-3-9-6-4-8(2)5-7-9/h4-6H,1-3H3;4-7H,3H2,1-2H3. The van der Waals surface area contributed by atoms with E-state index in [1.807, 2.05) is 0 Å². The molecule has 0 saturated heterocycles. The minimum atomic E-state index is 1.14. The van der Waals surface area contributed by atoms with Gasteiger partial charge in [0.25, 0.3) is 0 Å². The molecule has 2 aromatic carbocycles. The van der Waals surface area contributed by atoms with E-state index < -0.39 is 0 Å². The Bertz CT molecular complexity index is 427. The highest BCUT2D eigenvalue weighted by Gasteiger charge is 1.87. The summed E-state index contributed by atoms with van der Waals surface area (Å²) in [4.78, 5) is 0. The van der Waals surface area contributed by atoms with Crippen LogP contribution in [-0.2, 0) is 6.42 Å². The SMILES string of the molecule is CCc1ccc(C)cc1.Cc1cc(C)cc(C)c1. The fraction of sp³-hybridized carbons (Fsp3) is 0.333. The largest absolute Gasteiger partial charge is 0.0613 e. The molecule has 0 amide bonds. The van der Waals surface area contributed by atoms with Crippen LogP contribution in [0.5, 0.6) is 0 Å². The molecule has 0 spiro atoms. The topological polar surface area (TPSA) is 0 Å². The summed E-state index contributed by atoms with van der Waals surface area (Å²) < 4.78 is 0. The summed E-state index contributed by atoms with van der Waals surface area (Å²) in [5.41, 5.74) is 6.82. The van der Waals surface area contributed by atoms with E-state index in [4.69, 9.17) is 0 Å². The first-order chi connectivity index (χ1) is 8.51. The van der Waals surface area contributed by atoms with Crippen molar-refractivity contribution in [2.24, 2.45) is 0 Å². The molecule has 18 heavy (non-hydrogen) atoms. The van der Waals surface area contributed by atoms with E-state index in [-0.39, 0.29) is 0 Å². The van der Waals surface area contributed by atoms with Gasteiger partial charge >= 0.3 is 0 Å². The quantitative estimate of drug-likeness (QED) is 0.645. The third-order valence-corrected chi connectivity index (χ3v) is 2.89. The molecule has 0 unspecified atom stereocenters. The fourth-order valence-electron chi connectivity index (χ4n) is 2.03. The van der Waals surface area contributed by atoms with Gasteiger partial charge in [0.05, 0.1) is 0 Å². The van der Waals surface area contributed by atoms with Crippen molar-refractivity contribution in [2.45, 2.75) is 41.0 Å². The number of hydrogen-bond acceptors (Lipinski definition) is 0. The zero-order chi connectivity index (χ0) is 13.5. The van der Waals surface area contributed by atoms with Gasteiger partial charge in [-0.25, -0.2) is 0 Å². The van der Waals surface area contributed by atoms with Gasteiger partial charge in [-0.15, -0.1) is 0 Å². The predicted octanol–water partition coefficient (Wildman–Crippen LogP) is 5.17. The molecule has 0 atom stereocenters. The first-order valence-electron chi connectivity index (χ1n) is 6.61. The van der Waals surface area contributed by atoms with Crippen molar-refractivity contribution in [3.8, 4) is 0 Å². The number of aryl methyl sites for hydroxylation is 5. The van der Waals surface area contributed by atoms with E-state index in [1.54, 1.807) is 0 Å². The Hall–Kier alpha value is -1.56. The Labute approximate surface area is 112 Å². The lowest BCUT2D eigenvalue weighted by molar-refractivity contribution is 1.14. The van der Waals surface area contributed by atoms with Gasteiger partial charge in [0.1, 0.15) is 0 Å². The third-order valence-electron chi connectivity index (χ3n) is 2.89. The first-order valence-corrected chi connectivity index (χ1v) is 6.61. The molecule has 0 aliphatic rings. The Morgan fingerprint density at radius 1 is 0.611 bits per heavy atom. The van der Waals surface area contributed by atoms with E-state index in [9.17, 15) is 0 Å². The summed E-state index contributed by atoms with van der Waals surface area (Å²) in [6, 6.07) is 15.2. The van der Waals surface area contributed by atoms with Gasteiger partial charge < -0.3 is 0 Å². The highest BCUT2D eigenvalue weighted by molar-refractivity contribution is 5.27. The normalized spacial score (nSPS) is 9.61. The van der Waals surface area contributed by atoms with E-state index in [0.29, 0.717) is 0 Å². The molecule has 0 aliphatic carbocycles. The van der Waals surface area contributed by atoms with Crippen molar-refractivity contribution < 1.29 is 0 Å². The molecule has 0 saturated carbocycles. The zero-order valence-corrected chi connectivity index (χ0v) is 12.2. The van der Waals surface area contributed by atoms with Crippen molar-refractivity contribution in [3.05, 3.63) is 70.3 Å². The van der Waals surface area contributed by atoms with Crippen LogP contribution >= 0.6 is 0 Å². The lowest BCUT2D eigenvalue weighted by atomic mass is 10.1. The molecule has 2 aromatic rings. The summed E-state index contributed by atoms with van der Waals surface area (Å²) in [5, 5.41) is 0. The summed E-state index contributed by atoms with van der Waals surface area (Å²) >= 11 is 0. The molecular formula is C18H24. The average Bonchev–Trinajstić information content (AvgIpc) is 2.29. The van der Waals surface area contributed by atoms with E-state index in [1.165, 1.54) is 27.8 Å². The molecule has 0 nitrogen and oxygen atoms in total. The molecule has 0 heterocycles. The van der Waals surface area contributed by atoms with Crippen molar-refractivity contribution in [1.29, 1.82) is 0 Å². The minimum Gasteiger partial charge on any atom is -0.0613 e. The van der Waals surface area contributed by atoms with Gasteiger partial charge in [-0.3, -0.25) is 0 Å². The minimum absolute atomic E-state index is 1.14. The third kappa shape index (κ3) is 5.18. The van der Waals surface area contributed by atoms with Gasteiger partial charge in [0, 0.05) is 0 Å². The second-order valence-corrected chi connectivity index (χ2v) is 5.00. The van der Waals surface area contributed by atoms with Gasteiger partial charge in [-0.05, 0) is 39.7 Å². The summed E-state index contributed by atoms with van der Waals surface area (Å²) in [7, 11) is 0. The Morgan fingerprint density at radius 3 is 1.33 bits per heavy atom. The highest BCUT2D eigenvalue weighted by atomic mass is 13.9. The molecule has 0 heteroatoms. The monoisotopic (exact) mass is 240 g/mol. The molecule has 0 radical (unpaired) electrons. The Balaban J connectivity index is 0.000000180. The van der Waals surface area contributed by atoms with E-state index in [2.05, 4.69) is 77.1 Å². The average molecular weight is 240 g/mol. The highest BCUT2D eigenvalue weighted by Crippen LogP contribution is 2.06. The van der Waals surface area contributed by atoms with Crippen LogP contribution in [0, 0.1) is 27.7 Å². The van der Waals surface area contributed by atoms with Crippen LogP contribution in [0.15, 0.2) is 42.5 Å². The summed E-state index contributed by atoms with van der Waals surface area (Å²) in [5.74, 6) is 0. The molecule has 2 rings (SSSR count). The first kappa shape index (κ1) is 14.5. The lowest BCUT2D eigenvalue weighted by Crippen LogP contribution is -1.78. The second kappa shape index (κ2) is 7.00. The van der Waals surface area contributed by atoms with Crippen LogP contribution in [0.3, 0.4) is 0 Å². The zero-order valence-electron chi connectivity index (χ0n) is 12.2. The predicted molar refractivity (Wildman–Crippen MR) is 81.2 cm³/mol. The van der Waals surface area contributed by atoms with Crippen LogP contribution in [0.25, 0.3) is 0 Å². The van der Waals surface area contributed by atoms with Crippen molar-refractivity contribution in [3.63, 3.8) is 0 Å². The van der Waals surface area contributed by atoms with Gasteiger partial charge in [0.2, 0.25) is 0 Å². The molecular weight excluding hydrogens is 216 g/mol. The molecule has 0 aliphatic heterocycles. The smallest absolute Gasteiger partial charge is 0.0307 e. The lowest BCUT2D eigenvalue weighted by Gasteiger charge is -1.96. The van der Waals surface area contributed by atoms with Crippen molar-refractivity contribution in [2.75, 3.05) is 0 Å². The molecule has 0 aromatic heterocycles. The van der Waals surface area contributed by atoms with Crippen molar-refractivity contribution in [1.82, 2.24) is 0 Å². The maximum atomic E-state index is 2.19. The van der Waals surface area contributed by atoms with Crippen LogP contribution < -0.4 is 0 Å². The molecule has 0 fully saturated rings. The van der Waals surface area contributed by atoms with Crippen LogP contribution in [0.4, 0.5) is 0 Å². The maximum absolute atomic E-state index is 2.19. The molecule has 0 N–H and O–H groups in total. The summed E-state index contributed by atoms with van der Waals surface area (Å²) in [6.45, 7) is 10.7. The number of benzene rings is 2. The summed E-state index contributed by atoms with van der Waals surface area (Å²) in [6.07, 6.45) is 1.14. The van der Waals surface area contributed by atoms with Gasteiger partial charge in [0.15, 0.2) is 0 Å². The Kier molecular flexibility index (Phi) is 5.64. The second-order valence-electron chi connectivity index (χ2n) is 5.00. The van der Waals surface area contributed by atoms with E-state index >= 15 is 0 Å². The number of hydrogen-bond donors (Lipinski definition) is 0. The Morgan fingerprint density at radius 2 is 1.00 bits per heavy atom. The van der Waals surface area contributed by atoms with Gasteiger partial charge in [-0.2, -0.15) is 0 Å². The fourth-order valence-corrected chi connectivity index (χ4v) is 2.03. The molecule has 0 bridgehead atoms.